The van der Waals surface area contributed by atoms with E-state index in [2.05, 4.69) is 15.2 Å². The fraction of sp³-hybridized carbons (Fsp3) is 0.560. The van der Waals surface area contributed by atoms with Crippen LogP contribution < -0.4 is 21.3 Å². The first-order chi connectivity index (χ1) is 17.3. The van der Waals surface area contributed by atoms with E-state index in [0.29, 0.717) is 18.2 Å². The summed E-state index contributed by atoms with van der Waals surface area (Å²) in [6.45, 7) is 9.06. The summed E-state index contributed by atoms with van der Waals surface area (Å²) in [7, 11) is 3.03. The lowest BCUT2D eigenvalue weighted by atomic mass is 10.1. The first-order valence-corrected chi connectivity index (χ1v) is 12.3. The molecular weight excluding hydrogens is 464 g/mol. The quantitative estimate of drug-likeness (QED) is 0.390. The molecule has 11 nitrogen and oxygen atoms in total. The molecular formula is C25H36N6O5. The number of ether oxygens (including phenoxy) is 2. The summed E-state index contributed by atoms with van der Waals surface area (Å²) >= 11 is 0. The number of hydrogen-bond donors (Lipinski definition) is 2. The second-order valence-corrected chi connectivity index (χ2v) is 9.37. The van der Waals surface area contributed by atoms with Gasteiger partial charge in [-0.1, -0.05) is 6.07 Å². The van der Waals surface area contributed by atoms with Crippen LogP contribution in [-0.2, 0) is 25.4 Å². The zero-order valence-electron chi connectivity index (χ0n) is 21.5. The lowest BCUT2D eigenvalue weighted by Crippen LogP contribution is -2.38. The van der Waals surface area contributed by atoms with E-state index in [0.717, 1.165) is 49.4 Å². The van der Waals surface area contributed by atoms with Crippen molar-refractivity contribution in [2.45, 2.75) is 32.9 Å². The van der Waals surface area contributed by atoms with Crippen molar-refractivity contribution in [3.05, 3.63) is 50.2 Å². The summed E-state index contributed by atoms with van der Waals surface area (Å²) < 4.78 is 15.3. The molecule has 0 saturated carbocycles. The van der Waals surface area contributed by atoms with E-state index in [9.17, 15) is 14.7 Å². The highest BCUT2D eigenvalue weighted by atomic mass is 16.5. The fourth-order valence-corrected chi connectivity index (χ4v) is 4.35. The van der Waals surface area contributed by atoms with E-state index in [1.54, 1.807) is 11.6 Å². The predicted octanol–water partition coefficient (Wildman–Crippen LogP) is 0.625. The molecule has 36 heavy (non-hydrogen) atoms. The second-order valence-electron chi connectivity index (χ2n) is 9.37. The molecule has 1 aliphatic heterocycles. The third-order valence-corrected chi connectivity index (χ3v) is 6.70. The number of imidazole rings is 1. The number of aryl methyl sites for hydroxylation is 3. The summed E-state index contributed by atoms with van der Waals surface area (Å²) in [5.74, 6) is 1.11. The van der Waals surface area contributed by atoms with E-state index in [1.165, 1.54) is 17.2 Å². The minimum atomic E-state index is -0.903. The lowest BCUT2D eigenvalue weighted by Gasteiger charge is -2.26. The topological polar surface area (TPSA) is 116 Å². The minimum absolute atomic E-state index is 0.0464. The standard InChI is InChI=1S/C25H36N6O5/c1-17-6-7-20(14-18(17)2)36-16-19(32)15-31-21-22(28(3)25(34)29(4)23(21)33)27-24(31)26-8-5-9-30-10-12-35-13-11-30/h6-7,14,19,32H,5,8-13,15-16H2,1-4H3,(H,26,27). The van der Waals surface area contributed by atoms with E-state index in [4.69, 9.17) is 9.47 Å². The monoisotopic (exact) mass is 500 g/mol. The van der Waals surface area contributed by atoms with Gasteiger partial charge in [-0.25, -0.2) is 4.79 Å². The van der Waals surface area contributed by atoms with Crippen LogP contribution in [0.2, 0.25) is 0 Å². The summed E-state index contributed by atoms with van der Waals surface area (Å²) in [5, 5.41) is 14.1. The van der Waals surface area contributed by atoms with Gasteiger partial charge in [0.15, 0.2) is 11.2 Å². The maximum absolute atomic E-state index is 13.0. The molecule has 3 aromatic rings. The Kier molecular flexibility index (Phi) is 8.12. The Morgan fingerprint density at radius 3 is 2.61 bits per heavy atom. The maximum atomic E-state index is 13.0. The third kappa shape index (κ3) is 5.63. The van der Waals surface area contributed by atoms with Crippen molar-refractivity contribution >= 4 is 17.1 Å². The molecule has 1 unspecified atom stereocenters. The van der Waals surface area contributed by atoms with Gasteiger partial charge in [0.1, 0.15) is 18.5 Å². The molecule has 2 aromatic heterocycles. The van der Waals surface area contributed by atoms with E-state index >= 15 is 0 Å². The van der Waals surface area contributed by atoms with Gasteiger partial charge in [0, 0.05) is 33.7 Å². The van der Waals surface area contributed by atoms with Crippen molar-refractivity contribution < 1.29 is 14.6 Å². The number of nitrogens with one attached hydrogen (secondary N) is 1. The number of nitrogens with zero attached hydrogens (tertiary/aromatic N) is 5. The highest BCUT2D eigenvalue weighted by molar-refractivity contribution is 5.74. The SMILES string of the molecule is Cc1ccc(OCC(O)Cn2c(NCCCN3CCOCC3)nc3c2c(=O)n(C)c(=O)n3C)cc1C. The van der Waals surface area contributed by atoms with Crippen LogP contribution in [0.15, 0.2) is 27.8 Å². The highest BCUT2D eigenvalue weighted by Gasteiger charge is 2.21. The molecule has 0 radical (unpaired) electrons. The van der Waals surface area contributed by atoms with Gasteiger partial charge >= 0.3 is 5.69 Å². The lowest BCUT2D eigenvalue weighted by molar-refractivity contribution is 0.0378. The van der Waals surface area contributed by atoms with Crippen molar-refractivity contribution in [1.29, 1.82) is 0 Å². The van der Waals surface area contributed by atoms with Crippen molar-refractivity contribution in [2.24, 2.45) is 14.1 Å². The third-order valence-electron chi connectivity index (χ3n) is 6.70. The van der Waals surface area contributed by atoms with Crippen molar-refractivity contribution in [1.82, 2.24) is 23.6 Å². The molecule has 1 fully saturated rings. The van der Waals surface area contributed by atoms with Crippen LogP contribution in [0.25, 0.3) is 11.2 Å². The molecule has 3 heterocycles. The van der Waals surface area contributed by atoms with Crippen LogP contribution in [0.5, 0.6) is 5.75 Å². The summed E-state index contributed by atoms with van der Waals surface area (Å²) in [4.78, 5) is 32.4. The Labute approximate surface area is 209 Å². The Morgan fingerprint density at radius 1 is 1.14 bits per heavy atom. The van der Waals surface area contributed by atoms with Crippen LogP contribution in [0.4, 0.5) is 5.95 Å². The number of hydrogen-bond acceptors (Lipinski definition) is 8. The number of rotatable bonds is 10. The molecule has 0 bridgehead atoms. The largest absolute Gasteiger partial charge is 0.491 e. The minimum Gasteiger partial charge on any atom is -0.491 e. The fourth-order valence-electron chi connectivity index (χ4n) is 4.35. The maximum Gasteiger partial charge on any atom is 0.332 e. The van der Waals surface area contributed by atoms with Crippen LogP contribution >= 0.6 is 0 Å². The van der Waals surface area contributed by atoms with Gasteiger partial charge < -0.3 is 24.5 Å². The van der Waals surface area contributed by atoms with Crippen LogP contribution in [0.3, 0.4) is 0 Å². The van der Waals surface area contributed by atoms with Gasteiger partial charge in [-0.2, -0.15) is 4.98 Å². The van der Waals surface area contributed by atoms with E-state index < -0.39 is 17.4 Å². The Hall–Kier alpha value is -3.15. The van der Waals surface area contributed by atoms with E-state index in [-0.39, 0.29) is 24.3 Å². The number of aliphatic hydroxyl groups excluding tert-OH is 1. The zero-order chi connectivity index (χ0) is 25.8. The zero-order valence-corrected chi connectivity index (χ0v) is 21.5. The summed E-state index contributed by atoms with van der Waals surface area (Å²) in [6.07, 6.45) is -0.0293. The summed E-state index contributed by atoms with van der Waals surface area (Å²) in [6, 6.07) is 5.78. The van der Waals surface area contributed by atoms with Crippen LogP contribution in [-0.4, -0.2) is 80.8 Å². The number of fused-ring (bicyclic) bond motifs is 1. The van der Waals surface area contributed by atoms with Crippen LogP contribution in [0, 0.1) is 13.8 Å². The van der Waals surface area contributed by atoms with Gasteiger partial charge in [0.2, 0.25) is 5.95 Å². The van der Waals surface area contributed by atoms with Gasteiger partial charge in [-0.15, -0.1) is 0 Å². The first-order valence-electron chi connectivity index (χ1n) is 12.3. The van der Waals surface area contributed by atoms with E-state index in [1.807, 2.05) is 32.0 Å². The van der Waals surface area contributed by atoms with Gasteiger partial charge in [0.05, 0.1) is 19.8 Å². The molecule has 4 rings (SSSR count). The smallest absolute Gasteiger partial charge is 0.332 e. The van der Waals surface area contributed by atoms with Crippen LogP contribution in [0.1, 0.15) is 17.5 Å². The van der Waals surface area contributed by atoms with Crippen molar-refractivity contribution in [3.8, 4) is 5.75 Å². The van der Waals surface area contributed by atoms with Gasteiger partial charge in [-0.3, -0.25) is 18.8 Å². The number of morpholine rings is 1. The summed E-state index contributed by atoms with van der Waals surface area (Å²) in [5.41, 5.74) is 1.91. The van der Waals surface area contributed by atoms with Gasteiger partial charge in [0.25, 0.3) is 5.56 Å². The number of aromatic nitrogens is 4. The molecule has 196 valence electrons. The Balaban J connectivity index is 1.52. The highest BCUT2D eigenvalue weighted by Crippen LogP contribution is 2.19. The second kappa shape index (κ2) is 11.3. The average molecular weight is 501 g/mol. The van der Waals surface area contributed by atoms with Crippen molar-refractivity contribution in [3.63, 3.8) is 0 Å². The van der Waals surface area contributed by atoms with Gasteiger partial charge in [-0.05, 0) is 50.1 Å². The Morgan fingerprint density at radius 2 is 1.89 bits per heavy atom. The molecule has 1 saturated heterocycles. The number of benzene rings is 1. The normalized spacial score (nSPS) is 15.4. The predicted molar refractivity (Wildman–Crippen MR) is 138 cm³/mol. The molecule has 11 heteroatoms. The molecule has 2 N–H and O–H groups in total. The molecule has 1 atom stereocenters. The molecule has 1 aliphatic rings. The first kappa shape index (κ1) is 25.9. The number of aliphatic hydroxyl groups is 1. The van der Waals surface area contributed by atoms with Crippen molar-refractivity contribution in [2.75, 3.05) is 51.3 Å². The number of anilines is 1. The molecule has 0 aliphatic carbocycles. The molecule has 0 spiro atoms. The molecule has 0 amide bonds. The Bertz CT molecular complexity index is 1320. The average Bonchev–Trinajstić information content (AvgIpc) is 3.23. The molecule has 1 aromatic carbocycles.